The van der Waals surface area contributed by atoms with Crippen molar-refractivity contribution in [3.63, 3.8) is 0 Å². The number of ether oxygens (including phenoxy) is 1. The lowest BCUT2D eigenvalue weighted by atomic mass is 10.0. The molecule has 0 radical (unpaired) electrons. The zero-order chi connectivity index (χ0) is 18.7. The molecule has 5 nitrogen and oxygen atoms in total. The molecule has 0 spiro atoms. The van der Waals surface area contributed by atoms with Crippen molar-refractivity contribution in [3.05, 3.63) is 58.9 Å². The Bertz CT molecular complexity index is 852. The first-order valence-corrected chi connectivity index (χ1v) is 8.51. The van der Waals surface area contributed by atoms with Crippen LogP contribution in [0.5, 0.6) is 5.75 Å². The van der Waals surface area contributed by atoms with Gasteiger partial charge in [-0.25, -0.2) is 4.39 Å². The number of nitrogens with one attached hydrogen (secondary N) is 2. The highest BCUT2D eigenvalue weighted by Gasteiger charge is 2.56. The van der Waals surface area contributed by atoms with Crippen molar-refractivity contribution in [1.29, 1.82) is 0 Å². The highest BCUT2D eigenvalue weighted by atomic mass is 35.5. The number of anilines is 1. The molecule has 1 aliphatic rings. The van der Waals surface area contributed by atoms with Gasteiger partial charge >= 0.3 is 0 Å². The van der Waals surface area contributed by atoms with Gasteiger partial charge in [0.1, 0.15) is 17.0 Å². The molecule has 3 rings (SSSR count). The molecule has 136 valence electrons. The zero-order valence-electron chi connectivity index (χ0n) is 14.1. The number of hydrogen-bond donors (Lipinski definition) is 2. The highest BCUT2D eigenvalue weighted by Crippen LogP contribution is 2.47. The first-order valence-electron chi connectivity index (χ1n) is 8.13. The molecule has 0 saturated heterocycles. The summed E-state index contributed by atoms with van der Waals surface area (Å²) in [6.45, 7) is 0.0366. The van der Waals surface area contributed by atoms with E-state index in [-0.39, 0.29) is 6.54 Å². The Kier molecular flexibility index (Phi) is 5.13. The van der Waals surface area contributed by atoms with Gasteiger partial charge in [-0.05, 0) is 37.1 Å². The van der Waals surface area contributed by atoms with Crippen LogP contribution in [0.1, 0.15) is 18.4 Å². The van der Waals surface area contributed by atoms with Crippen LogP contribution in [-0.4, -0.2) is 18.9 Å². The molecule has 0 atom stereocenters. The van der Waals surface area contributed by atoms with E-state index in [2.05, 4.69) is 10.6 Å². The molecule has 0 bridgehead atoms. The molecular formula is C19H18ClFN2O3. The standard InChI is InChI=1S/C19H18ClFN2O3/c1-26-16-7-6-13(10-14(16)20)23-18(25)19(8-9-19)17(24)22-11-12-4-2-3-5-15(12)21/h2-7,10H,8-9,11H2,1H3,(H,22,24)(H,23,25). The maximum absolute atomic E-state index is 13.6. The fourth-order valence-electron chi connectivity index (χ4n) is 2.66. The van der Waals surface area contributed by atoms with Crippen LogP contribution in [-0.2, 0) is 16.1 Å². The van der Waals surface area contributed by atoms with Gasteiger partial charge in [0.05, 0.1) is 12.1 Å². The van der Waals surface area contributed by atoms with Crippen molar-refractivity contribution < 1.29 is 18.7 Å². The number of halogens is 2. The Hall–Kier alpha value is -2.60. The van der Waals surface area contributed by atoms with Crippen LogP contribution in [0.2, 0.25) is 5.02 Å². The summed E-state index contributed by atoms with van der Waals surface area (Å²) in [5.74, 6) is -0.703. The predicted molar refractivity (Wildman–Crippen MR) is 96.5 cm³/mol. The lowest BCUT2D eigenvalue weighted by Crippen LogP contribution is -2.39. The number of benzene rings is 2. The van der Waals surface area contributed by atoms with Crippen molar-refractivity contribution in [2.75, 3.05) is 12.4 Å². The Labute approximate surface area is 155 Å². The quantitative estimate of drug-likeness (QED) is 0.758. The van der Waals surface area contributed by atoms with Gasteiger partial charge in [-0.1, -0.05) is 29.8 Å². The minimum Gasteiger partial charge on any atom is -0.495 e. The van der Waals surface area contributed by atoms with Crippen LogP contribution < -0.4 is 15.4 Å². The van der Waals surface area contributed by atoms with Crippen LogP contribution in [0.3, 0.4) is 0 Å². The average Bonchev–Trinajstić information content (AvgIpc) is 3.43. The molecule has 2 amide bonds. The summed E-state index contributed by atoms with van der Waals surface area (Å²) in [5, 5.41) is 5.73. The number of hydrogen-bond acceptors (Lipinski definition) is 3. The van der Waals surface area contributed by atoms with Crippen molar-refractivity contribution in [2.45, 2.75) is 19.4 Å². The van der Waals surface area contributed by atoms with E-state index in [1.165, 1.54) is 13.2 Å². The average molecular weight is 377 g/mol. The lowest BCUT2D eigenvalue weighted by molar-refractivity contribution is -0.134. The molecule has 1 saturated carbocycles. The molecule has 1 aliphatic carbocycles. The maximum atomic E-state index is 13.6. The molecule has 2 aromatic rings. The summed E-state index contributed by atoms with van der Waals surface area (Å²) in [6.07, 6.45) is 0.900. The third kappa shape index (κ3) is 3.65. The second-order valence-corrected chi connectivity index (χ2v) is 6.57. The highest BCUT2D eigenvalue weighted by molar-refractivity contribution is 6.32. The fourth-order valence-corrected chi connectivity index (χ4v) is 2.92. The second-order valence-electron chi connectivity index (χ2n) is 6.16. The van der Waals surface area contributed by atoms with Gasteiger partial charge in [-0.3, -0.25) is 9.59 Å². The minimum absolute atomic E-state index is 0.0366. The summed E-state index contributed by atoms with van der Waals surface area (Å²) in [5.41, 5.74) is -0.259. The second kappa shape index (κ2) is 7.33. The van der Waals surface area contributed by atoms with Crippen LogP contribution in [0.15, 0.2) is 42.5 Å². The molecule has 7 heteroatoms. The van der Waals surface area contributed by atoms with Gasteiger partial charge in [0.2, 0.25) is 11.8 Å². The van der Waals surface area contributed by atoms with Gasteiger partial charge in [0, 0.05) is 17.8 Å². The van der Waals surface area contributed by atoms with E-state index in [0.717, 1.165) is 0 Å². The van der Waals surface area contributed by atoms with E-state index in [4.69, 9.17) is 16.3 Å². The summed E-state index contributed by atoms with van der Waals surface area (Å²) in [7, 11) is 1.50. The summed E-state index contributed by atoms with van der Waals surface area (Å²) < 4.78 is 18.7. The smallest absolute Gasteiger partial charge is 0.240 e. The van der Waals surface area contributed by atoms with Gasteiger partial charge < -0.3 is 15.4 Å². The van der Waals surface area contributed by atoms with Crippen LogP contribution in [0.25, 0.3) is 0 Å². The van der Waals surface area contributed by atoms with E-state index in [0.29, 0.717) is 34.9 Å². The molecule has 2 N–H and O–H groups in total. The van der Waals surface area contributed by atoms with E-state index in [9.17, 15) is 14.0 Å². The summed E-state index contributed by atoms with van der Waals surface area (Å²) in [4.78, 5) is 25.0. The normalized spacial score (nSPS) is 14.4. The van der Waals surface area contributed by atoms with Crippen molar-refractivity contribution in [3.8, 4) is 5.75 Å². The minimum atomic E-state index is -1.11. The number of carbonyl (C=O) groups excluding carboxylic acids is 2. The Morgan fingerprint density at radius 1 is 1.19 bits per heavy atom. The van der Waals surface area contributed by atoms with Crippen LogP contribution >= 0.6 is 11.6 Å². The number of carbonyl (C=O) groups is 2. The van der Waals surface area contributed by atoms with Crippen molar-refractivity contribution in [2.24, 2.45) is 5.41 Å². The topological polar surface area (TPSA) is 67.4 Å². The van der Waals surface area contributed by atoms with E-state index in [1.807, 2.05) is 0 Å². The van der Waals surface area contributed by atoms with Gasteiger partial charge in [-0.15, -0.1) is 0 Å². The van der Waals surface area contributed by atoms with E-state index < -0.39 is 23.0 Å². The zero-order valence-corrected chi connectivity index (χ0v) is 14.9. The fraction of sp³-hybridized carbons (Fsp3) is 0.263. The molecule has 1 fully saturated rings. The SMILES string of the molecule is COc1ccc(NC(=O)C2(C(=O)NCc3ccccc3F)CC2)cc1Cl. The van der Waals surface area contributed by atoms with Crippen LogP contribution in [0.4, 0.5) is 10.1 Å². The Morgan fingerprint density at radius 2 is 1.92 bits per heavy atom. The molecule has 0 aliphatic heterocycles. The van der Waals surface area contributed by atoms with Gasteiger partial charge in [0.25, 0.3) is 0 Å². The van der Waals surface area contributed by atoms with E-state index >= 15 is 0 Å². The third-order valence-electron chi connectivity index (χ3n) is 4.43. The van der Waals surface area contributed by atoms with Crippen molar-refractivity contribution >= 4 is 29.1 Å². The van der Waals surface area contributed by atoms with Crippen LogP contribution in [0, 0.1) is 11.2 Å². The summed E-state index contributed by atoms with van der Waals surface area (Å²) >= 11 is 6.05. The Balaban J connectivity index is 1.64. The predicted octanol–water partition coefficient (Wildman–Crippen LogP) is 3.52. The molecule has 2 aromatic carbocycles. The summed E-state index contributed by atoms with van der Waals surface area (Å²) in [6, 6.07) is 11.0. The molecule has 0 unspecified atom stereocenters. The van der Waals surface area contributed by atoms with Gasteiger partial charge in [-0.2, -0.15) is 0 Å². The maximum Gasteiger partial charge on any atom is 0.240 e. The number of methoxy groups -OCH3 is 1. The van der Waals surface area contributed by atoms with Crippen molar-refractivity contribution in [1.82, 2.24) is 5.32 Å². The van der Waals surface area contributed by atoms with E-state index in [1.54, 1.807) is 36.4 Å². The number of amides is 2. The Morgan fingerprint density at radius 3 is 2.54 bits per heavy atom. The number of rotatable bonds is 6. The molecule has 26 heavy (non-hydrogen) atoms. The lowest BCUT2D eigenvalue weighted by Gasteiger charge is -2.16. The first-order chi connectivity index (χ1) is 12.5. The molecule has 0 aromatic heterocycles. The largest absolute Gasteiger partial charge is 0.495 e. The first kappa shape index (κ1) is 18.2. The molecular weight excluding hydrogens is 359 g/mol. The molecule has 0 heterocycles. The third-order valence-corrected chi connectivity index (χ3v) is 4.72. The van der Waals surface area contributed by atoms with Gasteiger partial charge in [0.15, 0.2) is 0 Å². The monoisotopic (exact) mass is 376 g/mol.